The van der Waals surface area contributed by atoms with Crippen LogP contribution in [-0.2, 0) is 44.1 Å². The Morgan fingerprint density at radius 1 is 0.524 bits per heavy atom. The molecule has 0 saturated heterocycles. The van der Waals surface area contributed by atoms with Gasteiger partial charge in [-0.1, -0.05) is 107 Å². The molecule has 0 aliphatic rings. The second kappa shape index (κ2) is 12.3. The summed E-state index contributed by atoms with van der Waals surface area (Å²) >= 11 is 0. The van der Waals surface area contributed by atoms with Gasteiger partial charge in [-0.25, -0.2) is 0 Å². The molecule has 2 aromatic carbocycles. The SMILES string of the molecule is CC(C)(C)c1cc(CC(CCC(Cc2cc(C(C)(C)C)c(O)c(C(C)(C)C)c2)C(=O)O)C(=O)O)cc(C(C)(C)C)c1O. The summed E-state index contributed by atoms with van der Waals surface area (Å²) in [5.74, 6) is -2.98. The van der Waals surface area contributed by atoms with E-state index in [4.69, 9.17) is 0 Å². The number of carboxylic acids is 2. The van der Waals surface area contributed by atoms with Crippen LogP contribution in [0.2, 0.25) is 0 Å². The number of carbonyl (C=O) groups is 2. The van der Waals surface area contributed by atoms with Crippen LogP contribution < -0.4 is 0 Å². The first-order valence-corrected chi connectivity index (χ1v) is 15.0. The summed E-state index contributed by atoms with van der Waals surface area (Å²) in [4.78, 5) is 24.8. The van der Waals surface area contributed by atoms with E-state index in [1.165, 1.54) is 0 Å². The maximum Gasteiger partial charge on any atom is 0.306 e. The number of hydrogen-bond donors (Lipinski definition) is 4. The van der Waals surface area contributed by atoms with Gasteiger partial charge in [0.15, 0.2) is 0 Å². The molecule has 0 heterocycles. The molecule has 2 rings (SSSR count). The highest BCUT2D eigenvalue weighted by molar-refractivity contribution is 5.72. The Hall–Kier alpha value is -3.02. The van der Waals surface area contributed by atoms with Crippen LogP contribution in [0, 0.1) is 11.8 Å². The molecule has 0 spiro atoms. The summed E-state index contributed by atoms with van der Waals surface area (Å²) in [6, 6.07) is 7.59. The topological polar surface area (TPSA) is 115 Å². The van der Waals surface area contributed by atoms with Crippen molar-refractivity contribution >= 4 is 11.9 Å². The molecule has 0 amide bonds. The molecule has 0 aromatic heterocycles. The summed E-state index contributed by atoms with van der Waals surface area (Å²) in [7, 11) is 0. The molecule has 6 nitrogen and oxygen atoms in total. The fourth-order valence-corrected chi connectivity index (χ4v) is 5.51. The Kier molecular flexibility index (Phi) is 10.3. The minimum Gasteiger partial charge on any atom is -0.507 e. The molecule has 0 bridgehead atoms. The summed E-state index contributed by atoms with van der Waals surface area (Å²) in [6.45, 7) is 24.2. The molecule has 0 aliphatic heterocycles. The highest BCUT2D eigenvalue weighted by Gasteiger charge is 2.31. The van der Waals surface area contributed by atoms with Gasteiger partial charge in [0, 0.05) is 0 Å². The van der Waals surface area contributed by atoms with Crippen molar-refractivity contribution in [2.24, 2.45) is 11.8 Å². The van der Waals surface area contributed by atoms with E-state index in [-0.39, 0.29) is 58.8 Å². The lowest BCUT2D eigenvalue weighted by Crippen LogP contribution is -2.23. The number of aromatic hydroxyl groups is 2. The summed E-state index contributed by atoms with van der Waals surface area (Å²) < 4.78 is 0. The van der Waals surface area contributed by atoms with Crippen LogP contribution in [0.3, 0.4) is 0 Å². The van der Waals surface area contributed by atoms with Gasteiger partial charge < -0.3 is 20.4 Å². The Bertz CT molecular complexity index is 1120. The molecule has 2 atom stereocenters. The van der Waals surface area contributed by atoms with E-state index < -0.39 is 23.8 Å². The predicted octanol–water partition coefficient (Wildman–Crippen LogP) is 8.25. The van der Waals surface area contributed by atoms with Gasteiger partial charge in [0.1, 0.15) is 11.5 Å². The molecule has 42 heavy (non-hydrogen) atoms. The molecule has 0 fully saturated rings. The highest BCUT2D eigenvalue weighted by Crippen LogP contribution is 2.42. The number of rotatable bonds is 9. The zero-order valence-corrected chi connectivity index (χ0v) is 27.9. The largest absolute Gasteiger partial charge is 0.507 e. The van der Waals surface area contributed by atoms with Crippen molar-refractivity contribution in [3.8, 4) is 11.5 Å². The van der Waals surface area contributed by atoms with Crippen molar-refractivity contribution in [1.82, 2.24) is 0 Å². The molecule has 4 N–H and O–H groups in total. The van der Waals surface area contributed by atoms with Gasteiger partial charge in [-0.3, -0.25) is 9.59 Å². The number of benzene rings is 2. The lowest BCUT2D eigenvalue weighted by Gasteiger charge is -2.29. The fourth-order valence-electron chi connectivity index (χ4n) is 5.51. The van der Waals surface area contributed by atoms with Gasteiger partial charge in [0.25, 0.3) is 0 Å². The normalized spacial score (nSPS) is 14.5. The van der Waals surface area contributed by atoms with Crippen molar-refractivity contribution in [2.75, 3.05) is 0 Å². The van der Waals surface area contributed by atoms with Crippen molar-refractivity contribution < 1.29 is 30.0 Å². The van der Waals surface area contributed by atoms with Gasteiger partial charge in [-0.05, 0) is 80.7 Å². The first kappa shape index (κ1) is 35.2. The van der Waals surface area contributed by atoms with Crippen molar-refractivity contribution in [3.05, 3.63) is 57.6 Å². The lowest BCUT2D eigenvalue weighted by atomic mass is 9.77. The Morgan fingerprint density at radius 2 is 0.738 bits per heavy atom. The van der Waals surface area contributed by atoms with Gasteiger partial charge >= 0.3 is 11.9 Å². The smallest absolute Gasteiger partial charge is 0.306 e. The van der Waals surface area contributed by atoms with E-state index >= 15 is 0 Å². The zero-order valence-electron chi connectivity index (χ0n) is 27.9. The molecule has 0 aliphatic carbocycles. The zero-order chi connectivity index (χ0) is 32.6. The molecular formula is C36H54O6. The van der Waals surface area contributed by atoms with E-state index in [2.05, 4.69) is 0 Å². The fraction of sp³-hybridized carbons (Fsp3) is 0.611. The standard InChI is InChI=1S/C36H54O6/c1-33(2,3)25-17-21(18-26(29(25)37)34(4,5)6)15-23(31(39)40)13-14-24(32(41)42)16-22-19-27(35(7,8)9)30(38)28(20-22)36(10,11)12/h17-20,23-24,37-38H,13-16H2,1-12H3,(H,39,40)(H,41,42). The van der Waals surface area contributed by atoms with E-state index in [0.29, 0.717) is 0 Å². The van der Waals surface area contributed by atoms with Gasteiger partial charge in [0.05, 0.1) is 11.8 Å². The maximum absolute atomic E-state index is 12.4. The average molecular weight is 583 g/mol. The average Bonchev–Trinajstić information content (AvgIpc) is 2.79. The third-order valence-electron chi connectivity index (χ3n) is 8.10. The van der Waals surface area contributed by atoms with Crippen molar-refractivity contribution in [1.29, 1.82) is 0 Å². The minimum atomic E-state index is -0.962. The monoisotopic (exact) mass is 582 g/mol. The summed E-state index contributed by atoms with van der Waals surface area (Å²) in [6.07, 6.45) is 0.907. The molecule has 234 valence electrons. The number of carboxylic acid groups (broad SMARTS) is 2. The second-order valence-corrected chi connectivity index (χ2v) is 16.1. The lowest BCUT2D eigenvalue weighted by molar-refractivity contribution is -0.145. The number of aliphatic carboxylic acids is 2. The van der Waals surface area contributed by atoms with Crippen LogP contribution in [0.25, 0.3) is 0 Å². The van der Waals surface area contributed by atoms with E-state index in [0.717, 1.165) is 33.4 Å². The summed E-state index contributed by atoms with van der Waals surface area (Å²) in [5.41, 5.74) is 3.39. The third-order valence-corrected chi connectivity index (χ3v) is 8.10. The maximum atomic E-state index is 12.4. The summed E-state index contributed by atoms with van der Waals surface area (Å²) in [5, 5.41) is 42.4. The van der Waals surface area contributed by atoms with Crippen LogP contribution in [-0.4, -0.2) is 32.4 Å². The first-order valence-electron chi connectivity index (χ1n) is 15.0. The Morgan fingerprint density at radius 3 is 0.905 bits per heavy atom. The predicted molar refractivity (Wildman–Crippen MR) is 170 cm³/mol. The third kappa shape index (κ3) is 8.75. The van der Waals surface area contributed by atoms with E-state index in [1.807, 2.05) is 107 Å². The van der Waals surface area contributed by atoms with Crippen molar-refractivity contribution in [3.63, 3.8) is 0 Å². The van der Waals surface area contributed by atoms with Crippen molar-refractivity contribution in [2.45, 2.75) is 130 Å². The highest BCUT2D eigenvalue weighted by atomic mass is 16.4. The number of hydrogen-bond acceptors (Lipinski definition) is 4. The van der Waals surface area contributed by atoms with Gasteiger partial charge in [-0.2, -0.15) is 0 Å². The molecule has 2 unspecified atom stereocenters. The molecule has 6 heteroatoms. The number of phenols is 2. The van der Waals surface area contributed by atoms with Crippen LogP contribution in [0.15, 0.2) is 24.3 Å². The second-order valence-electron chi connectivity index (χ2n) is 16.1. The van der Waals surface area contributed by atoms with Crippen LogP contribution >= 0.6 is 0 Å². The molecule has 2 aromatic rings. The number of phenolic OH excluding ortho intramolecular Hbond substituents is 2. The van der Waals surface area contributed by atoms with E-state index in [1.54, 1.807) is 0 Å². The molecular weight excluding hydrogens is 528 g/mol. The van der Waals surface area contributed by atoms with Crippen LogP contribution in [0.5, 0.6) is 11.5 Å². The van der Waals surface area contributed by atoms with E-state index in [9.17, 15) is 30.0 Å². The minimum absolute atomic E-state index is 0.208. The van der Waals surface area contributed by atoms with Crippen LogP contribution in [0.1, 0.15) is 129 Å². The molecule has 0 saturated carbocycles. The Balaban J connectivity index is 2.42. The van der Waals surface area contributed by atoms with Gasteiger partial charge in [0.2, 0.25) is 0 Å². The van der Waals surface area contributed by atoms with Crippen LogP contribution in [0.4, 0.5) is 0 Å². The first-order chi connectivity index (χ1) is 18.8. The van der Waals surface area contributed by atoms with Gasteiger partial charge in [-0.15, -0.1) is 0 Å². The quantitative estimate of drug-likeness (QED) is 0.237. The molecule has 0 radical (unpaired) electrons. The Labute approximate surface area is 253 Å².